The maximum Gasteiger partial charge on any atom is 0.124 e. The molecule has 3 nitrogen and oxygen atoms in total. The van der Waals surface area contributed by atoms with Gasteiger partial charge >= 0.3 is 0 Å². The zero-order valence-corrected chi connectivity index (χ0v) is 12.4. The number of rotatable bonds is 2. The van der Waals surface area contributed by atoms with Crippen molar-refractivity contribution in [1.29, 1.82) is 5.41 Å². The molecule has 3 rings (SSSR count). The van der Waals surface area contributed by atoms with Gasteiger partial charge in [0.15, 0.2) is 0 Å². The van der Waals surface area contributed by atoms with Gasteiger partial charge in [-0.2, -0.15) is 0 Å². The monoisotopic (exact) mass is 271 g/mol. The number of nitrogens with one attached hydrogen (secondary N) is 1. The van der Waals surface area contributed by atoms with E-state index in [1.807, 2.05) is 12.1 Å². The number of hydrogen-bond donors (Lipinski definition) is 2. The second kappa shape index (κ2) is 5.12. The van der Waals surface area contributed by atoms with Gasteiger partial charge < -0.3 is 10.6 Å². The topological polar surface area (TPSA) is 53.1 Å². The Balaban J connectivity index is 1.83. The summed E-state index contributed by atoms with van der Waals surface area (Å²) in [6, 6.07) is 6.10. The molecule has 0 unspecified atom stereocenters. The summed E-state index contributed by atoms with van der Waals surface area (Å²) in [7, 11) is 0. The molecular formula is C17H25N3. The highest BCUT2D eigenvalue weighted by Crippen LogP contribution is 2.47. The molecule has 1 aliphatic carbocycles. The fraction of sp³-hybridized carbons (Fsp3) is 0.588. The third-order valence-electron chi connectivity index (χ3n) is 5.33. The van der Waals surface area contributed by atoms with Crippen LogP contribution >= 0.6 is 0 Å². The van der Waals surface area contributed by atoms with Crippen LogP contribution in [0.5, 0.6) is 0 Å². The summed E-state index contributed by atoms with van der Waals surface area (Å²) < 4.78 is 0. The fourth-order valence-electron chi connectivity index (χ4n) is 4.13. The Morgan fingerprint density at radius 2 is 1.80 bits per heavy atom. The lowest BCUT2D eigenvalue weighted by Gasteiger charge is -2.41. The van der Waals surface area contributed by atoms with Gasteiger partial charge in [-0.3, -0.25) is 5.41 Å². The molecule has 1 saturated heterocycles. The van der Waals surface area contributed by atoms with Crippen molar-refractivity contribution < 1.29 is 0 Å². The molecule has 0 bridgehead atoms. The highest BCUT2D eigenvalue weighted by Gasteiger charge is 2.37. The van der Waals surface area contributed by atoms with Gasteiger partial charge in [0.1, 0.15) is 5.84 Å². The first-order chi connectivity index (χ1) is 9.61. The number of nitrogens with zero attached hydrogens (tertiary/aromatic N) is 1. The Hall–Kier alpha value is -1.51. The van der Waals surface area contributed by atoms with Crippen LogP contribution in [0.25, 0.3) is 0 Å². The molecule has 1 aliphatic heterocycles. The molecule has 0 atom stereocenters. The lowest BCUT2D eigenvalue weighted by Crippen LogP contribution is -2.40. The Labute approximate surface area is 121 Å². The van der Waals surface area contributed by atoms with Gasteiger partial charge in [0.2, 0.25) is 0 Å². The third kappa shape index (κ3) is 2.30. The van der Waals surface area contributed by atoms with Crippen molar-refractivity contribution in [2.24, 2.45) is 11.1 Å². The molecular weight excluding hydrogens is 246 g/mol. The van der Waals surface area contributed by atoms with E-state index in [1.54, 1.807) is 0 Å². The average molecular weight is 271 g/mol. The van der Waals surface area contributed by atoms with E-state index in [4.69, 9.17) is 11.1 Å². The van der Waals surface area contributed by atoms with Crippen LogP contribution in [0.2, 0.25) is 0 Å². The Morgan fingerprint density at radius 1 is 1.15 bits per heavy atom. The first kappa shape index (κ1) is 13.5. The molecule has 0 aromatic heterocycles. The number of nitrogen functional groups attached to an aromatic ring is 1. The molecule has 1 heterocycles. The summed E-state index contributed by atoms with van der Waals surface area (Å²) in [5.74, 6) is 0.185. The minimum absolute atomic E-state index is 0.185. The zero-order chi connectivity index (χ0) is 14.2. The maximum atomic E-state index is 7.80. The maximum absolute atomic E-state index is 7.80. The molecule has 1 aromatic carbocycles. The first-order valence-electron chi connectivity index (χ1n) is 7.80. The van der Waals surface area contributed by atoms with Crippen LogP contribution in [0.3, 0.4) is 0 Å². The number of benzene rings is 1. The summed E-state index contributed by atoms with van der Waals surface area (Å²) in [4.78, 5) is 2.45. The molecule has 2 fully saturated rings. The predicted molar refractivity (Wildman–Crippen MR) is 84.5 cm³/mol. The van der Waals surface area contributed by atoms with Crippen molar-refractivity contribution >= 4 is 11.5 Å². The number of nitrogens with two attached hydrogens (primary N) is 1. The SMILES string of the molecule is Cc1cccc(C(=N)N)c1N1CCC2(CCCC2)CC1. The number of para-hydroxylation sites is 1. The predicted octanol–water partition coefficient (Wildman–Crippen LogP) is 3.44. The number of amidine groups is 1. The van der Waals surface area contributed by atoms with Crippen molar-refractivity contribution in [1.82, 2.24) is 0 Å². The summed E-state index contributed by atoms with van der Waals surface area (Å²) in [5.41, 5.74) is 9.72. The summed E-state index contributed by atoms with van der Waals surface area (Å²) >= 11 is 0. The smallest absolute Gasteiger partial charge is 0.124 e. The van der Waals surface area contributed by atoms with Crippen LogP contribution in [0.15, 0.2) is 18.2 Å². The first-order valence-corrected chi connectivity index (χ1v) is 7.80. The summed E-state index contributed by atoms with van der Waals surface area (Å²) in [5, 5.41) is 7.80. The van der Waals surface area contributed by atoms with Crippen molar-refractivity contribution in [3.05, 3.63) is 29.3 Å². The lowest BCUT2D eigenvalue weighted by atomic mass is 9.77. The van der Waals surface area contributed by atoms with Gasteiger partial charge in [0, 0.05) is 18.7 Å². The second-order valence-electron chi connectivity index (χ2n) is 6.58. The highest BCUT2D eigenvalue weighted by atomic mass is 15.1. The lowest BCUT2D eigenvalue weighted by molar-refractivity contribution is 0.226. The molecule has 0 amide bonds. The molecule has 3 heteroatoms. The van der Waals surface area contributed by atoms with E-state index in [0.29, 0.717) is 5.41 Å². The largest absolute Gasteiger partial charge is 0.384 e. The summed E-state index contributed by atoms with van der Waals surface area (Å²) in [6.07, 6.45) is 8.30. The minimum Gasteiger partial charge on any atom is -0.384 e. The van der Waals surface area contributed by atoms with Crippen molar-refractivity contribution in [2.75, 3.05) is 18.0 Å². The number of piperidine rings is 1. The van der Waals surface area contributed by atoms with Gasteiger partial charge in [0.05, 0.1) is 5.69 Å². The fourth-order valence-corrected chi connectivity index (χ4v) is 4.13. The Bertz CT molecular complexity index is 505. The standard InChI is InChI=1S/C17H25N3/c1-13-5-4-6-14(16(18)19)15(13)20-11-9-17(10-12-20)7-2-3-8-17/h4-6H,2-3,7-12H2,1H3,(H3,18,19). The Morgan fingerprint density at radius 3 is 2.40 bits per heavy atom. The summed E-state index contributed by atoms with van der Waals surface area (Å²) in [6.45, 7) is 4.36. The quantitative estimate of drug-likeness (QED) is 0.639. The van der Waals surface area contributed by atoms with Crippen LogP contribution in [0.4, 0.5) is 5.69 Å². The molecule has 0 radical (unpaired) electrons. The van der Waals surface area contributed by atoms with Gasteiger partial charge in [-0.25, -0.2) is 0 Å². The van der Waals surface area contributed by atoms with Crippen LogP contribution in [0.1, 0.15) is 49.7 Å². The van der Waals surface area contributed by atoms with Gasteiger partial charge in [-0.05, 0) is 49.7 Å². The van der Waals surface area contributed by atoms with E-state index in [2.05, 4.69) is 17.9 Å². The molecule has 1 spiro atoms. The second-order valence-corrected chi connectivity index (χ2v) is 6.58. The van der Waals surface area contributed by atoms with E-state index >= 15 is 0 Å². The van der Waals surface area contributed by atoms with E-state index < -0.39 is 0 Å². The highest BCUT2D eigenvalue weighted by molar-refractivity contribution is 6.01. The van der Waals surface area contributed by atoms with Gasteiger partial charge in [0.25, 0.3) is 0 Å². The van der Waals surface area contributed by atoms with Crippen LogP contribution in [-0.2, 0) is 0 Å². The van der Waals surface area contributed by atoms with Crippen LogP contribution in [-0.4, -0.2) is 18.9 Å². The molecule has 1 saturated carbocycles. The van der Waals surface area contributed by atoms with Crippen LogP contribution < -0.4 is 10.6 Å². The molecule has 20 heavy (non-hydrogen) atoms. The van der Waals surface area contributed by atoms with E-state index in [1.165, 1.54) is 49.8 Å². The van der Waals surface area contributed by atoms with Crippen LogP contribution in [0, 0.1) is 17.7 Å². The van der Waals surface area contributed by atoms with E-state index in [0.717, 1.165) is 18.7 Å². The van der Waals surface area contributed by atoms with Crippen molar-refractivity contribution in [2.45, 2.75) is 45.4 Å². The van der Waals surface area contributed by atoms with Crippen molar-refractivity contribution in [3.63, 3.8) is 0 Å². The van der Waals surface area contributed by atoms with Crippen molar-refractivity contribution in [3.8, 4) is 0 Å². The Kier molecular flexibility index (Phi) is 3.45. The average Bonchev–Trinajstić information content (AvgIpc) is 2.88. The van der Waals surface area contributed by atoms with E-state index in [-0.39, 0.29) is 5.84 Å². The van der Waals surface area contributed by atoms with Gasteiger partial charge in [-0.1, -0.05) is 25.0 Å². The normalized spacial score (nSPS) is 21.4. The van der Waals surface area contributed by atoms with E-state index in [9.17, 15) is 0 Å². The zero-order valence-electron chi connectivity index (χ0n) is 12.4. The number of hydrogen-bond acceptors (Lipinski definition) is 2. The number of anilines is 1. The van der Waals surface area contributed by atoms with Gasteiger partial charge in [-0.15, -0.1) is 0 Å². The molecule has 2 aliphatic rings. The number of aryl methyl sites for hydroxylation is 1. The third-order valence-corrected chi connectivity index (χ3v) is 5.33. The molecule has 1 aromatic rings. The molecule has 3 N–H and O–H groups in total. The molecule has 108 valence electrons. The minimum atomic E-state index is 0.185.